The van der Waals surface area contributed by atoms with E-state index in [4.69, 9.17) is 4.74 Å². The highest BCUT2D eigenvalue weighted by Gasteiger charge is 2.27. The Morgan fingerprint density at radius 3 is 2.63 bits per heavy atom. The summed E-state index contributed by atoms with van der Waals surface area (Å²) in [5.41, 5.74) is 2.74. The van der Waals surface area contributed by atoms with Gasteiger partial charge in [-0.25, -0.2) is 0 Å². The van der Waals surface area contributed by atoms with Crippen LogP contribution in [0.2, 0.25) is 0 Å². The van der Waals surface area contributed by atoms with Crippen LogP contribution in [0, 0.1) is 0 Å². The molecule has 3 aromatic rings. The van der Waals surface area contributed by atoms with E-state index in [2.05, 4.69) is 71.6 Å². The van der Waals surface area contributed by atoms with Crippen molar-refractivity contribution in [1.82, 2.24) is 5.32 Å². The summed E-state index contributed by atoms with van der Waals surface area (Å²) in [5, 5.41) is 6.51. The Hall–Kier alpha value is -2.85. The van der Waals surface area contributed by atoms with Crippen LogP contribution in [0.4, 0.5) is 0 Å². The number of carbonyl (C=O) groups is 1. The Kier molecular flexibility index (Phi) is 6.65. The molecule has 0 saturated heterocycles. The van der Waals surface area contributed by atoms with Crippen LogP contribution in [0.15, 0.2) is 66.7 Å². The monoisotopic (exact) mass is 403 g/mol. The second kappa shape index (κ2) is 9.77. The Labute approximate surface area is 178 Å². The predicted octanol–water partition coefficient (Wildman–Crippen LogP) is 5.38. The third kappa shape index (κ3) is 4.82. The van der Waals surface area contributed by atoms with Gasteiger partial charge in [-0.1, -0.05) is 54.6 Å². The number of nitrogens with one attached hydrogen (secondary N) is 1. The van der Waals surface area contributed by atoms with Gasteiger partial charge >= 0.3 is 0 Å². The van der Waals surface area contributed by atoms with Gasteiger partial charge in [0.1, 0.15) is 19.0 Å². The van der Waals surface area contributed by atoms with Crippen LogP contribution < -0.4 is 10.1 Å². The maximum absolute atomic E-state index is 10.2. The number of fused-ring (bicyclic) bond motifs is 1. The molecule has 1 aliphatic rings. The molecule has 1 N–H and O–H groups in total. The van der Waals surface area contributed by atoms with Crippen LogP contribution in [0.5, 0.6) is 5.75 Å². The molecule has 4 heteroatoms. The van der Waals surface area contributed by atoms with Gasteiger partial charge in [-0.05, 0) is 66.1 Å². The fraction of sp³-hybridized carbons (Fsp3) is 0.346. The number of hydrogen-bond donors (Lipinski definition) is 1. The fourth-order valence-corrected chi connectivity index (χ4v) is 4.60. The Balaban J connectivity index is 1.33. The molecule has 0 amide bonds. The quantitative estimate of drug-likeness (QED) is 0.385. The summed E-state index contributed by atoms with van der Waals surface area (Å²) in [6.07, 6.45) is 3.55. The van der Waals surface area contributed by atoms with Crippen molar-refractivity contribution in [3.05, 3.63) is 77.9 Å². The van der Waals surface area contributed by atoms with Gasteiger partial charge in [0.05, 0.1) is 0 Å². The lowest BCUT2D eigenvalue weighted by atomic mass is 9.96. The molecule has 0 spiro atoms. The van der Waals surface area contributed by atoms with E-state index in [0.29, 0.717) is 31.1 Å². The second-order valence-corrected chi connectivity index (χ2v) is 8.05. The molecule has 156 valence electrons. The van der Waals surface area contributed by atoms with Gasteiger partial charge in [-0.2, -0.15) is 0 Å². The fourth-order valence-electron chi connectivity index (χ4n) is 4.60. The van der Waals surface area contributed by atoms with Crippen molar-refractivity contribution in [3.8, 4) is 5.75 Å². The first-order chi connectivity index (χ1) is 14.7. The number of carbonyl (C=O) groups excluding carboxylic acids is 1. The van der Waals surface area contributed by atoms with Crippen molar-refractivity contribution in [3.63, 3.8) is 0 Å². The second-order valence-electron chi connectivity index (χ2n) is 8.05. The Morgan fingerprint density at radius 2 is 1.80 bits per heavy atom. The third-order valence-electron chi connectivity index (χ3n) is 6.10. The van der Waals surface area contributed by atoms with Crippen molar-refractivity contribution in [2.75, 3.05) is 13.2 Å². The first-order valence-corrected chi connectivity index (χ1v) is 10.8. The molecule has 1 saturated carbocycles. The molecule has 30 heavy (non-hydrogen) atoms. The maximum atomic E-state index is 10.2. The SMILES string of the molecule is C[C@@H](N[C@H]1CC[C@@H](c2ccc(OCCOC=O)cc2)C1)c1cccc2ccccc12. The lowest BCUT2D eigenvalue weighted by Gasteiger charge is -2.21. The highest BCUT2D eigenvalue weighted by molar-refractivity contribution is 5.86. The number of benzene rings is 3. The molecule has 1 fully saturated rings. The molecule has 0 heterocycles. The lowest BCUT2D eigenvalue weighted by molar-refractivity contribution is -0.129. The zero-order valence-electron chi connectivity index (χ0n) is 17.4. The normalized spacial score (nSPS) is 19.5. The highest BCUT2D eigenvalue weighted by Crippen LogP contribution is 2.36. The maximum Gasteiger partial charge on any atom is 0.293 e. The smallest absolute Gasteiger partial charge is 0.293 e. The molecule has 3 atom stereocenters. The number of hydrogen-bond acceptors (Lipinski definition) is 4. The van der Waals surface area contributed by atoms with Crippen LogP contribution in [0.1, 0.15) is 49.3 Å². The highest BCUT2D eigenvalue weighted by atomic mass is 16.5. The van der Waals surface area contributed by atoms with Crippen molar-refractivity contribution in [1.29, 1.82) is 0 Å². The van der Waals surface area contributed by atoms with E-state index in [0.717, 1.165) is 12.2 Å². The van der Waals surface area contributed by atoms with Crippen molar-refractivity contribution in [2.45, 2.75) is 44.2 Å². The lowest BCUT2D eigenvalue weighted by Crippen LogP contribution is -2.29. The van der Waals surface area contributed by atoms with E-state index in [1.807, 2.05) is 12.1 Å². The van der Waals surface area contributed by atoms with Gasteiger partial charge in [0.15, 0.2) is 0 Å². The molecule has 0 unspecified atom stereocenters. The number of rotatable bonds is 9. The Morgan fingerprint density at radius 1 is 1.00 bits per heavy atom. The van der Waals surface area contributed by atoms with E-state index in [-0.39, 0.29) is 6.61 Å². The molecule has 4 nitrogen and oxygen atoms in total. The minimum absolute atomic E-state index is 0.274. The zero-order chi connectivity index (χ0) is 20.8. The van der Waals surface area contributed by atoms with E-state index in [1.54, 1.807) is 0 Å². The molecule has 0 aliphatic heterocycles. The first-order valence-electron chi connectivity index (χ1n) is 10.8. The van der Waals surface area contributed by atoms with E-state index in [9.17, 15) is 4.79 Å². The summed E-state index contributed by atoms with van der Waals surface area (Å²) in [4.78, 5) is 10.2. The van der Waals surface area contributed by atoms with Crippen molar-refractivity contribution < 1.29 is 14.3 Å². The first kappa shape index (κ1) is 20.4. The Bertz CT molecular complexity index is 964. The van der Waals surface area contributed by atoms with Crippen molar-refractivity contribution >= 4 is 17.2 Å². The molecule has 0 radical (unpaired) electrons. The van der Waals surface area contributed by atoms with Gasteiger partial charge < -0.3 is 14.8 Å². The van der Waals surface area contributed by atoms with Crippen LogP contribution >= 0.6 is 0 Å². The van der Waals surface area contributed by atoms with Gasteiger partial charge in [0.2, 0.25) is 0 Å². The topological polar surface area (TPSA) is 47.6 Å². The number of ether oxygens (including phenoxy) is 2. The average Bonchev–Trinajstić information content (AvgIpc) is 3.25. The van der Waals surface area contributed by atoms with Gasteiger partial charge in [0.25, 0.3) is 6.47 Å². The van der Waals surface area contributed by atoms with E-state index < -0.39 is 0 Å². The van der Waals surface area contributed by atoms with Gasteiger partial charge in [-0.15, -0.1) is 0 Å². The molecule has 0 aromatic heterocycles. The van der Waals surface area contributed by atoms with Crippen LogP contribution in [-0.2, 0) is 9.53 Å². The standard InChI is InChI=1S/C26H29NO3/c1-19(25-8-4-6-21-5-2-3-7-26(21)25)27-23-12-9-22(17-23)20-10-13-24(14-11-20)30-16-15-29-18-28/h2-8,10-11,13-14,18-19,22-23,27H,9,12,15-17H2,1H3/t19-,22-,23+/m1/s1. The molecule has 4 rings (SSSR count). The molecular formula is C26H29NO3. The summed E-state index contributed by atoms with van der Waals surface area (Å²) in [6, 6.07) is 24.4. The third-order valence-corrected chi connectivity index (χ3v) is 6.10. The summed E-state index contributed by atoms with van der Waals surface area (Å²) >= 11 is 0. The van der Waals surface area contributed by atoms with Crippen LogP contribution in [-0.4, -0.2) is 25.7 Å². The summed E-state index contributed by atoms with van der Waals surface area (Å²) in [5.74, 6) is 1.39. The summed E-state index contributed by atoms with van der Waals surface area (Å²) in [6.45, 7) is 3.36. The molecule has 3 aromatic carbocycles. The predicted molar refractivity (Wildman–Crippen MR) is 120 cm³/mol. The minimum atomic E-state index is 0.274. The van der Waals surface area contributed by atoms with E-state index in [1.165, 1.54) is 34.7 Å². The molecule has 1 aliphatic carbocycles. The van der Waals surface area contributed by atoms with Crippen LogP contribution in [0.3, 0.4) is 0 Å². The average molecular weight is 404 g/mol. The van der Waals surface area contributed by atoms with E-state index >= 15 is 0 Å². The largest absolute Gasteiger partial charge is 0.490 e. The molecule has 0 bridgehead atoms. The summed E-state index contributed by atoms with van der Waals surface area (Å²) < 4.78 is 10.2. The van der Waals surface area contributed by atoms with Gasteiger partial charge in [-0.3, -0.25) is 4.79 Å². The van der Waals surface area contributed by atoms with Crippen LogP contribution in [0.25, 0.3) is 10.8 Å². The summed E-state index contributed by atoms with van der Waals surface area (Å²) in [7, 11) is 0. The van der Waals surface area contributed by atoms with Gasteiger partial charge in [0, 0.05) is 12.1 Å². The van der Waals surface area contributed by atoms with Crippen molar-refractivity contribution in [2.24, 2.45) is 0 Å². The zero-order valence-corrected chi connectivity index (χ0v) is 17.4. The molecular weight excluding hydrogens is 374 g/mol. The minimum Gasteiger partial charge on any atom is -0.490 e.